The predicted molar refractivity (Wildman–Crippen MR) is 136 cm³/mol. The topological polar surface area (TPSA) is 0 Å². The van der Waals surface area contributed by atoms with E-state index in [2.05, 4.69) is 73.9 Å². The molecule has 0 saturated heterocycles. The lowest BCUT2D eigenvalue weighted by Crippen LogP contribution is -1.97. The first kappa shape index (κ1) is 22.9. The van der Waals surface area contributed by atoms with Gasteiger partial charge in [-0.15, -0.1) is 0 Å². The minimum atomic E-state index is -0.200. The minimum Gasteiger partial charge on any atom is -0.205 e. The second-order valence-corrected chi connectivity index (χ2v) is 8.91. The van der Waals surface area contributed by atoms with Gasteiger partial charge in [-0.3, -0.25) is 0 Å². The van der Waals surface area contributed by atoms with Crippen molar-refractivity contribution in [2.45, 2.75) is 64.7 Å². The molecule has 3 aromatic carbocycles. The normalized spacial score (nSPS) is 12.5. The third kappa shape index (κ3) is 6.15. The van der Waals surface area contributed by atoms with Crippen molar-refractivity contribution in [1.29, 1.82) is 0 Å². The van der Waals surface area contributed by atoms with Gasteiger partial charge in [0.25, 0.3) is 0 Å². The van der Waals surface area contributed by atoms with Gasteiger partial charge in [0.05, 0.1) is 5.56 Å². The van der Waals surface area contributed by atoms with Crippen molar-refractivity contribution in [3.05, 3.63) is 105 Å². The molecule has 1 aliphatic carbocycles. The fourth-order valence-corrected chi connectivity index (χ4v) is 4.03. The molecule has 0 aromatic heterocycles. The van der Waals surface area contributed by atoms with E-state index < -0.39 is 0 Å². The van der Waals surface area contributed by atoms with Crippen LogP contribution in [0.25, 0.3) is 0 Å². The molecule has 3 aromatic rings. The number of hydrogen-bond donors (Lipinski definition) is 0. The molecule has 0 amide bonds. The van der Waals surface area contributed by atoms with Gasteiger partial charge < -0.3 is 0 Å². The average molecular weight is 435 g/mol. The fourth-order valence-electron chi connectivity index (χ4n) is 4.03. The molecule has 166 valence electrons. The quantitative estimate of drug-likeness (QED) is 0.347. The molecule has 0 aliphatic heterocycles. The summed E-state index contributed by atoms with van der Waals surface area (Å²) < 4.78 is 15.4. The van der Waals surface area contributed by atoms with E-state index in [1.807, 2.05) is 18.2 Å². The van der Waals surface area contributed by atoms with Crippen LogP contribution in [-0.2, 0) is 12.8 Å². The van der Waals surface area contributed by atoms with Gasteiger partial charge in [0.2, 0.25) is 0 Å². The molecule has 0 atom stereocenters. The molecule has 0 bridgehead atoms. The van der Waals surface area contributed by atoms with Crippen molar-refractivity contribution in [2.75, 3.05) is 0 Å². The van der Waals surface area contributed by atoms with Crippen LogP contribution in [0.5, 0.6) is 0 Å². The molecule has 1 heteroatoms. The van der Waals surface area contributed by atoms with Crippen molar-refractivity contribution in [3.63, 3.8) is 0 Å². The molecule has 0 unspecified atom stereocenters. The van der Waals surface area contributed by atoms with Gasteiger partial charge in [-0.25, -0.2) is 4.39 Å². The summed E-state index contributed by atoms with van der Waals surface area (Å²) in [5.74, 6) is 12.7. The maximum atomic E-state index is 15.4. The van der Waals surface area contributed by atoms with Crippen molar-refractivity contribution >= 4 is 0 Å². The van der Waals surface area contributed by atoms with E-state index in [1.54, 1.807) is 6.07 Å². The van der Waals surface area contributed by atoms with Gasteiger partial charge in [0.15, 0.2) is 0 Å². The van der Waals surface area contributed by atoms with Crippen LogP contribution >= 0.6 is 0 Å². The number of hydrogen-bond acceptors (Lipinski definition) is 0. The van der Waals surface area contributed by atoms with E-state index in [0.717, 1.165) is 54.4 Å². The van der Waals surface area contributed by atoms with Crippen LogP contribution in [-0.4, -0.2) is 0 Å². The number of rotatable bonds is 6. The molecule has 33 heavy (non-hydrogen) atoms. The highest BCUT2D eigenvalue weighted by Gasteiger charge is 2.29. The van der Waals surface area contributed by atoms with Crippen molar-refractivity contribution in [1.82, 2.24) is 0 Å². The number of benzene rings is 3. The maximum absolute atomic E-state index is 15.4. The molecular weight excluding hydrogens is 403 g/mol. The Hall–Kier alpha value is -3.29. The number of unbranched alkanes of at least 4 members (excludes halogenated alkanes) is 1. The molecule has 1 aliphatic rings. The Kier molecular flexibility index (Phi) is 7.65. The summed E-state index contributed by atoms with van der Waals surface area (Å²) in [7, 11) is 0. The summed E-state index contributed by atoms with van der Waals surface area (Å²) in [6.07, 6.45) is 7.74. The van der Waals surface area contributed by atoms with Gasteiger partial charge in [-0.05, 0) is 85.5 Å². The highest BCUT2D eigenvalue weighted by Crippen LogP contribution is 2.43. The number of aryl methyl sites for hydroxylation is 2. The highest BCUT2D eigenvalue weighted by molar-refractivity contribution is 5.54. The van der Waals surface area contributed by atoms with E-state index >= 15 is 4.39 Å². The zero-order valence-electron chi connectivity index (χ0n) is 19.7. The Morgan fingerprint density at radius 1 is 0.667 bits per heavy atom. The Balaban J connectivity index is 1.56. The molecule has 1 saturated carbocycles. The second kappa shape index (κ2) is 11.0. The summed E-state index contributed by atoms with van der Waals surface area (Å²) in [5, 5.41) is 0. The monoisotopic (exact) mass is 434 g/mol. The van der Waals surface area contributed by atoms with Crippen LogP contribution in [0.4, 0.5) is 4.39 Å². The summed E-state index contributed by atoms with van der Waals surface area (Å²) in [5.41, 5.74) is 6.52. The molecular formula is C32H31F. The third-order valence-corrected chi connectivity index (χ3v) is 6.11. The van der Waals surface area contributed by atoms with Crippen molar-refractivity contribution in [2.24, 2.45) is 0 Å². The van der Waals surface area contributed by atoms with E-state index in [1.165, 1.54) is 24.0 Å². The zero-order chi connectivity index (χ0) is 23.0. The Bertz CT molecular complexity index is 1200. The predicted octanol–water partition coefficient (Wildman–Crippen LogP) is 7.80. The standard InChI is InChI=1S/C32H31F/c1-3-5-7-25-10-14-26(15-11-25)16-18-28-22-23-30(32(33)31(28)29-20-21-29)19-17-27-12-8-24(6-4-2)9-13-27/h8-15,22-23,29H,3-7,20-21H2,1-2H3. The smallest absolute Gasteiger partial charge is 0.143 e. The molecule has 1 fully saturated rings. The van der Waals surface area contributed by atoms with Crippen molar-refractivity contribution in [3.8, 4) is 23.7 Å². The molecule has 0 spiro atoms. The lowest BCUT2D eigenvalue weighted by molar-refractivity contribution is 0.606. The molecule has 0 N–H and O–H groups in total. The van der Waals surface area contributed by atoms with Crippen molar-refractivity contribution < 1.29 is 4.39 Å². The van der Waals surface area contributed by atoms with Crippen LogP contribution in [0.3, 0.4) is 0 Å². The van der Waals surface area contributed by atoms with Crippen LogP contribution in [0.1, 0.15) is 90.8 Å². The Morgan fingerprint density at radius 3 is 1.76 bits per heavy atom. The second-order valence-electron chi connectivity index (χ2n) is 8.91. The van der Waals surface area contributed by atoms with Crippen LogP contribution in [0.2, 0.25) is 0 Å². The molecule has 0 nitrogen and oxygen atoms in total. The SMILES string of the molecule is CCCCc1ccc(C#Cc2ccc(C#Cc3ccc(CCC)cc3)c(F)c2C2CC2)cc1. The van der Waals surface area contributed by atoms with E-state index in [0.29, 0.717) is 5.56 Å². The van der Waals surface area contributed by atoms with Gasteiger partial charge in [0, 0.05) is 22.3 Å². The molecule has 4 rings (SSSR count). The first-order valence-corrected chi connectivity index (χ1v) is 12.2. The lowest BCUT2D eigenvalue weighted by Gasteiger charge is -2.07. The Labute approximate surface area is 198 Å². The van der Waals surface area contributed by atoms with Gasteiger partial charge in [-0.1, -0.05) is 74.6 Å². The highest BCUT2D eigenvalue weighted by atomic mass is 19.1. The summed E-state index contributed by atoms with van der Waals surface area (Å²) >= 11 is 0. The summed E-state index contributed by atoms with van der Waals surface area (Å²) in [6, 6.07) is 20.4. The molecule has 0 radical (unpaired) electrons. The first-order chi connectivity index (χ1) is 16.2. The van der Waals surface area contributed by atoms with Crippen LogP contribution in [0.15, 0.2) is 60.7 Å². The number of halogens is 1. The summed E-state index contributed by atoms with van der Waals surface area (Å²) in [6.45, 7) is 4.38. The van der Waals surface area contributed by atoms with E-state index in [9.17, 15) is 0 Å². The van der Waals surface area contributed by atoms with E-state index in [-0.39, 0.29) is 11.7 Å². The summed E-state index contributed by atoms with van der Waals surface area (Å²) in [4.78, 5) is 0. The van der Waals surface area contributed by atoms with Crippen LogP contribution in [0, 0.1) is 29.5 Å². The minimum absolute atomic E-state index is 0.200. The van der Waals surface area contributed by atoms with Gasteiger partial charge in [0.1, 0.15) is 5.82 Å². The average Bonchev–Trinajstić information content (AvgIpc) is 3.68. The molecule has 0 heterocycles. The third-order valence-electron chi connectivity index (χ3n) is 6.11. The lowest BCUT2D eigenvalue weighted by atomic mass is 9.98. The van der Waals surface area contributed by atoms with Gasteiger partial charge in [-0.2, -0.15) is 0 Å². The fraction of sp³-hybridized carbons (Fsp3) is 0.312. The maximum Gasteiger partial charge on any atom is 0.143 e. The zero-order valence-corrected chi connectivity index (χ0v) is 19.7. The first-order valence-electron chi connectivity index (χ1n) is 12.2. The van der Waals surface area contributed by atoms with Gasteiger partial charge >= 0.3 is 0 Å². The Morgan fingerprint density at radius 2 is 1.21 bits per heavy atom. The van der Waals surface area contributed by atoms with E-state index in [4.69, 9.17) is 0 Å². The van der Waals surface area contributed by atoms with Crippen LogP contribution < -0.4 is 0 Å². The largest absolute Gasteiger partial charge is 0.205 e.